The fraction of sp³-hybridized carbons (Fsp3) is 0.250. The number of halogens is 1. The molecule has 1 saturated heterocycles. The van der Waals surface area contributed by atoms with Crippen LogP contribution in [0.5, 0.6) is 0 Å². The Labute approximate surface area is 183 Å². The predicted molar refractivity (Wildman–Crippen MR) is 121 cm³/mol. The SMILES string of the molecule is Cc1ccc(S(=O)(=O)N2CCN(C(c3ccccc3)c3cccc(Cl)c3)CC2)cc1. The molecule has 1 fully saturated rings. The third kappa shape index (κ3) is 4.44. The summed E-state index contributed by atoms with van der Waals surface area (Å²) in [7, 11) is -3.48. The van der Waals surface area contributed by atoms with Crippen LogP contribution in [0, 0.1) is 6.92 Å². The second-order valence-corrected chi connectivity index (χ2v) is 10.00. The van der Waals surface area contributed by atoms with Crippen molar-refractivity contribution in [1.29, 1.82) is 0 Å². The molecule has 4 rings (SSSR count). The zero-order valence-electron chi connectivity index (χ0n) is 16.9. The molecule has 1 aliphatic heterocycles. The lowest BCUT2D eigenvalue weighted by atomic mass is 9.96. The van der Waals surface area contributed by atoms with Crippen LogP contribution in [-0.2, 0) is 10.0 Å². The minimum Gasteiger partial charge on any atom is -0.290 e. The zero-order valence-corrected chi connectivity index (χ0v) is 18.5. The molecule has 0 saturated carbocycles. The Balaban J connectivity index is 1.56. The molecule has 0 aromatic heterocycles. The van der Waals surface area contributed by atoms with Crippen LogP contribution in [0.25, 0.3) is 0 Å². The van der Waals surface area contributed by atoms with Crippen LogP contribution in [0.1, 0.15) is 22.7 Å². The summed E-state index contributed by atoms with van der Waals surface area (Å²) in [4.78, 5) is 2.69. The third-order valence-corrected chi connectivity index (χ3v) is 7.72. The third-order valence-electron chi connectivity index (χ3n) is 5.58. The van der Waals surface area contributed by atoms with Crippen molar-refractivity contribution in [2.24, 2.45) is 0 Å². The van der Waals surface area contributed by atoms with Gasteiger partial charge in [-0.2, -0.15) is 4.31 Å². The van der Waals surface area contributed by atoms with E-state index in [1.54, 1.807) is 16.4 Å². The van der Waals surface area contributed by atoms with E-state index in [0.29, 0.717) is 36.1 Å². The summed E-state index contributed by atoms with van der Waals surface area (Å²) >= 11 is 6.27. The Morgan fingerprint density at radius 3 is 2.07 bits per heavy atom. The van der Waals surface area contributed by atoms with Gasteiger partial charge in [-0.15, -0.1) is 0 Å². The van der Waals surface area contributed by atoms with Crippen LogP contribution in [0.2, 0.25) is 5.02 Å². The van der Waals surface area contributed by atoms with Gasteiger partial charge in [0.25, 0.3) is 0 Å². The Hall–Kier alpha value is -2.18. The van der Waals surface area contributed by atoms with Gasteiger partial charge < -0.3 is 0 Å². The van der Waals surface area contributed by atoms with Crippen molar-refractivity contribution in [3.63, 3.8) is 0 Å². The van der Waals surface area contributed by atoms with Gasteiger partial charge in [-0.1, -0.05) is 71.8 Å². The Kier molecular flexibility index (Phi) is 6.25. The number of sulfonamides is 1. The van der Waals surface area contributed by atoms with Crippen molar-refractivity contribution in [2.75, 3.05) is 26.2 Å². The number of piperazine rings is 1. The number of rotatable bonds is 5. The maximum absolute atomic E-state index is 13.0. The summed E-state index contributed by atoms with van der Waals surface area (Å²) in [6.07, 6.45) is 0. The number of hydrogen-bond donors (Lipinski definition) is 0. The molecule has 0 bridgehead atoms. The van der Waals surface area contributed by atoms with Gasteiger partial charge >= 0.3 is 0 Å². The van der Waals surface area contributed by atoms with Crippen LogP contribution in [0.15, 0.2) is 83.8 Å². The lowest BCUT2D eigenvalue weighted by Gasteiger charge is -2.39. The largest absolute Gasteiger partial charge is 0.290 e. The second kappa shape index (κ2) is 8.90. The van der Waals surface area contributed by atoms with Crippen molar-refractivity contribution < 1.29 is 8.42 Å². The second-order valence-electron chi connectivity index (χ2n) is 7.62. The fourth-order valence-electron chi connectivity index (χ4n) is 3.99. The average Bonchev–Trinajstić information content (AvgIpc) is 2.75. The molecule has 0 N–H and O–H groups in total. The van der Waals surface area contributed by atoms with Gasteiger partial charge in [0.2, 0.25) is 10.0 Å². The van der Waals surface area contributed by atoms with E-state index in [1.807, 2.05) is 55.5 Å². The Morgan fingerprint density at radius 2 is 1.43 bits per heavy atom. The van der Waals surface area contributed by atoms with E-state index >= 15 is 0 Å². The summed E-state index contributed by atoms with van der Waals surface area (Å²) in [5, 5.41) is 0.703. The van der Waals surface area contributed by atoms with Gasteiger partial charge in [0, 0.05) is 31.2 Å². The summed E-state index contributed by atoms with van der Waals surface area (Å²) < 4.78 is 27.7. The van der Waals surface area contributed by atoms with Crippen LogP contribution < -0.4 is 0 Å². The van der Waals surface area contributed by atoms with E-state index in [-0.39, 0.29) is 6.04 Å². The maximum atomic E-state index is 13.0. The summed E-state index contributed by atoms with van der Waals surface area (Å²) in [6, 6.07) is 25.3. The van der Waals surface area contributed by atoms with Gasteiger partial charge in [0.1, 0.15) is 0 Å². The first-order valence-electron chi connectivity index (χ1n) is 10.1. The zero-order chi connectivity index (χ0) is 21.1. The molecular formula is C24H25ClN2O2S. The number of hydrogen-bond acceptors (Lipinski definition) is 3. The molecular weight excluding hydrogens is 416 g/mol. The van der Waals surface area contributed by atoms with Gasteiger partial charge in [-0.3, -0.25) is 4.90 Å². The quantitative estimate of drug-likeness (QED) is 0.575. The van der Waals surface area contributed by atoms with Crippen molar-refractivity contribution in [1.82, 2.24) is 9.21 Å². The summed E-state index contributed by atoms with van der Waals surface area (Å²) in [5.74, 6) is 0. The number of nitrogens with zero attached hydrogens (tertiary/aromatic N) is 2. The van der Waals surface area contributed by atoms with Gasteiger partial charge in [-0.25, -0.2) is 8.42 Å². The minimum atomic E-state index is -3.48. The monoisotopic (exact) mass is 440 g/mol. The summed E-state index contributed by atoms with van der Waals surface area (Å²) in [5.41, 5.74) is 3.34. The lowest BCUT2D eigenvalue weighted by Crippen LogP contribution is -2.49. The van der Waals surface area contributed by atoms with Crippen LogP contribution >= 0.6 is 11.6 Å². The first-order valence-corrected chi connectivity index (χ1v) is 11.9. The van der Waals surface area contributed by atoms with Crippen molar-refractivity contribution >= 4 is 21.6 Å². The molecule has 3 aromatic carbocycles. The molecule has 156 valence electrons. The standard InChI is InChI=1S/C24H25ClN2O2S/c1-19-10-12-23(13-11-19)30(28,29)27-16-14-26(15-17-27)24(20-6-3-2-4-7-20)21-8-5-9-22(25)18-21/h2-13,18,24H,14-17H2,1H3. The predicted octanol–water partition coefficient (Wildman–Crippen LogP) is 4.74. The van der Waals surface area contributed by atoms with Crippen molar-refractivity contribution in [2.45, 2.75) is 17.9 Å². The number of aryl methyl sites for hydroxylation is 1. The van der Waals surface area contributed by atoms with Crippen LogP contribution in [0.4, 0.5) is 0 Å². The van der Waals surface area contributed by atoms with Gasteiger partial charge in [0.05, 0.1) is 10.9 Å². The van der Waals surface area contributed by atoms with Crippen LogP contribution in [0.3, 0.4) is 0 Å². The van der Waals surface area contributed by atoms with Gasteiger partial charge in [0.15, 0.2) is 0 Å². The van der Waals surface area contributed by atoms with E-state index in [0.717, 1.165) is 11.1 Å². The van der Waals surface area contributed by atoms with E-state index in [4.69, 9.17) is 11.6 Å². The van der Waals surface area contributed by atoms with Crippen molar-refractivity contribution in [3.05, 3.63) is 101 Å². The highest BCUT2D eigenvalue weighted by Crippen LogP contribution is 2.31. The fourth-order valence-corrected chi connectivity index (χ4v) is 5.61. The molecule has 6 heteroatoms. The van der Waals surface area contributed by atoms with Crippen LogP contribution in [-0.4, -0.2) is 43.8 Å². The molecule has 1 heterocycles. The molecule has 0 radical (unpaired) electrons. The van der Waals surface area contributed by atoms with E-state index in [2.05, 4.69) is 23.1 Å². The topological polar surface area (TPSA) is 40.6 Å². The minimum absolute atomic E-state index is 0.0362. The highest BCUT2D eigenvalue weighted by molar-refractivity contribution is 7.89. The molecule has 30 heavy (non-hydrogen) atoms. The average molecular weight is 441 g/mol. The Bertz CT molecular complexity index is 1090. The normalized spacial score (nSPS) is 17.0. The lowest BCUT2D eigenvalue weighted by molar-refractivity contribution is 0.156. The highest BCUT2D eigenvalue weighted by atomic mass is 35.5. The molecule has 0 amide bonds. The highest BCUT2D eigenvalue weighted by Gasteiger charge is 2.32. The molecule has 3 aromatic rings. The molecule has 4 nitrogen and oxygen atoms in total. The van der Waals surface area contributed by atoms with E-state index in [9.17, 15) is 8.42 Å². The molecule has 0 aliphatic carbocycles. The molecule has 1 atom stereocenters. The molecule has 1 aliphatic rings. The number of benzene rings is 3. The Morgan fingerprint density at radius 1 is 0.800 bits per heavy atom. The molecule has 0 spiro atoms. The smallest absolute Gasteiger partial charge is 0.243 e. The van der Waals surface area contributed by atoms with E-state index < -0.39 is 10.0 Å². The van der Waals surface area contributed by atoms with Gasteiger partial charge in [-0.05, 0) is 42.3 Å². The summed E-state index contributed by atoms with van der Waals surface area (Å²) in [6.45, 7) is 4.17. The first-order chi connectivity index (χ1) is 14.4. The van der Waals surface area contributed by atoms with Crippen molar-refractivity contribution in [3.8, 4) is 0 Å². The van der Waals surface area contributed by atoms with E-state index in [1.165, 1.54) is 5.56 Å². The molecule has 1 unspecified atom stereocenters. The first kappa shape index (κ1) is 21.1. The maximum Gasteiger partial charge on any atom is 0.243 e.